The van der Waals surface area contributed by atoms with E-state index in [4.69, 9.17) is 37.0 Å². The fourth-order valence-corrected chi connectivity index (χ4v) is 13.0. The van der Waals surface area contributed by atoms with Gasteiger partial charge in [-0.1, -0.05) is 331 Å². The Labute approximate surface area is 575 Å². The van der Waals surface area contributed by atoms with E-state index in [1.54, 1.807) is 0 Å². The standard InChI is InChI=1S/C75H146O17P2/c1-8-9-10-11-12-13-22-30-35-44-51-58-74(79)92-71(63-86-73(78)57-50-43-38-37-41-48-55-68(6)7)65-90-94(83,84)88-61-69(76)60-87-93(81,82)89-64-70(91-75(80)59-52-45-36-31-26-21-17-15-19-24-28-33-40-47-54-67(4)5)62-85-72(77)56-49-42-34-29-25-20-16-14-18-23-27-32-39-46-53-66(2)3/h66-71,76H,8-65H2,1-7H3,(H,81,82)(H,83,84)/t69-,70-,71-/m1/s1. The second kappa shape index (κ2) is 65.7. The Morgan fingerprint density at radius 1 is 0.287 bits per heavy atom. The van der Waals surface area contributed by atoms with Crippen molar-refractivity contribution in [3.8, 4) is 0 Å². The van der Waals surface area contributed by atoms with E-state index in [9.17, 15) is 43.2 Å². The van der Waals surface area contributed by atoms with Gasteiger partial charge in [0, 0.05) is 25.7 Å². The van der Waals surface area contributed by atoms with Crippen molar-refractivity contribution < 1.29 is 80.2 Å². The molecule has 0 rings (SSSR count). The van der Waals surface area contributed by atoms with Gasteiger partial charge in [-0.2, -0.15) is 0 Å². The van der Waals surface area contributed by atoms with E-state index in [2.05, 4.69) is 48.5 Å². The summed E-state index contributed by atoms with van der Waals surface area (Å²) in [5.74, 6) is 0.154. The van der Waals surface area contributed by atoms with E-state index < -0.39 is 97.5 Å². The number of hydrogen-bond donors (Lipinski definition) is 3. The molecular weight excluding hydrogens is 1230 g/mol. The summed E-state index contributed by atoms with van der Waals surface area (Å²) < 4.78 is 68.4. The van der Waals surface area contributed by atoms with Gasteiger partial charge in [0.05, 0.1) is 26.4 Å². The molecule has 0 heterocycles. The minimum absolute atomic E-state index is 0.106. The lowest BCUT2D eigenvalue weighted by molar-refractivity contribution is -0.161. The minimum Gasteiger partial charge on any atom is -0.462 e. The number of carbonyl (C=O) groups excluding carboxylic acids is 4. The topological polar surface area (TPSA) is 237 Å². The maximum absolute atomic E-state index is 13.1. The van der Waals surface area contributed by atoms with E-state index in [0.29, 0.717) is 31.6 Å². The van der Waals surface area contributed by atoms with Gasteiger partial charge < -0.3 is 33.8 Å². The molecule has 0 aromatic heterocycles. The largest absolute Gasteiger partial charge is 0.472 e. The molecule has 0 aliphatic carbocycles. The third kappa shape index (κ3) is 68.6. The Morgan fingerprint density at radius 2 is 0.489 bits per heavy atom. The fraction of sp³-hybridized carbons (Fsp3) is 0.947. The Hall–Kier alpha value is -1.94. The second-order valence-electron chi connectivity index (χ2n) is 28.5. The van der Waals surface area contributed by atoms with Crippen LogP contribution in [0.25, 0.3) is 0 Å². The van der Waals surface area contributed by atoms with Crippen LogP contribution in [0.3, 0.4) is 0 Å². The summed E-state index contributed by atoms with van der Waals surface area (Å²) in [5.41, 5.74) is 0. The van der Waals surface area contributed by atoms with Crippen molar-refractivity contribution in [2.24, 2.45) is 17.8 Å². The van der Waals surface area contributed by atoms with Crippen molar-refractivity contribution in [3.63, 3.8) is 0 Å². The molecule has 0 saturated carbocycles. The van der Waals surface area contributed by atoms with Crippen molar-refractivity contribution in [1.29, 1.82) is 0 Å². The van der Waals surface area contributed by atoms with Crippen molar-refractivity contribution in [3.05, 3.63) is 0 Å². The van der Waals surface area contributed by atoms with Crippen LogP contribution in [0.5, 0.6) is 0 Å². The number of hydrogen-bond acceptors (Lipinski definition) is 15. The summed E-state index contributed by atoms with van der Waals surface area (Å²) in [5, 5.41) is 10.6. The Bertz CT molecular complexity index is 1840. The Morgan fingerprint density at radius 3 is 0.723 bits per heavy atom. The first-order valence-corrected chi connectivity index (χ1v) is 41.8. The van der Waals surface area contributed by atoms with E-state index in [-0.39, 0.29) is 25.7 Å². The highest BCUT2D eigenvalue weighted by atomic mass is 31.2. The SMILES string of the molecule is CCCCCCCCCCCCCC(=O)O[C@H](COC(=O)CCCCCCCCC(C)C)COP(=O)(O)OC[C@H](O)COP(=O)(O)OC[C@@H](COC(=O)CCCCCCCCCCCCCCCCC(C)C)OC(=O)CCCCCCCCCCCCCCCCC(C)C. The number of aliphatic hydroxyl groups is 1. The third-order valence-electron chi connectivity index (χ3n) is 17.4. The molecule has 0 fully saturated rings. The Kier molecular flexibility index (Phi) is 64.3. The van der Waals surface area contributed by atoms with Gasteiger partial charge in [0.15, 0.2) is 12.2 Å². The zero-order valence-electron chi connectivity index (χ0n) is 61.4. The van der Waals surface area contributed by atoms with E-state index >= 15 is 0 Å². The summed E-state index contributed by atoms with van der Waals surface area (Å²) in [6, 6.07) is 0. The smallest absolute Gasteiger partial charge is 0.462 e. The van der Waals surface area contributed by atoms with Gasteiger partial charge in [-0.05, 0) is 43.4 Å². The van der Waals surface area contributed by atoms with E-state index in [0.717, 1.165) is 108 Å². The predicted molar refractivity (Wildman–Crippen MR) is 381 cm³/mol. The highest BCUT2D eigenvalue weighted by molar-refractivity contribution is 7.47. The van der Waals surface area contributed by atoms with Crippen LogP contribution in [-0.4, -0.2) is 96.7 Å². The molecule has 0 radical (unpaired) electrons. The van der Waals surface area contributed by atoms with Crippen LogP contribution in [0.15, 0.2) is 0 Å². The second-order valence-corrected chi connectivity index (χ2v) is 31.4. The lowest BCUT2D eigenvalue weighted by Gasteiger charge is -2.21. The molecule has 3 N–H and O–H groups in total. The highest BCUT2D eigenvalue weighted by Crippen LogP contribution is 2.45. The third-order valence-corrected chi connectivity index (χ3v) is 19.3. The van der Waals surface area contributed by atoms with Crippen LogP contribution >= 0.6 is 15.6 Å². The van der Waals surface area contributed by atoms with Crippen LogP contribution in [0.1, 0.15) is 382 Å². The summed E-state index contributed by atoms with van der Waals surface area (Å²) in [6.45, 7) is 11.9. The van der Waals surface area contributed by atoms with Gasteiger partial charge in [0.25, 0.3) is 0 Å². The van der Waals surface area contributed by atoms with Crippen molar-refractivity contribution >= 4 is 39.5 Å². The number of phosphoric ester groups is 2. The highest BCUT2D eigenvalue weighted by Gasteiger charge is 2.30. The molecule has 0 aromatic carbocycles. The first-order chi connectivity index (χ1) is 45.2. The van der Waals surface area contributed by atoms with Crippen LogP contribution in [-0.2, 0) is 65.4 Å². The average Bonchev–Trinajstić information content (AvgIpc) is 2.49. The van der Waals surface area contributed by atoms with Gasteiger partial charge in [-0.3, -0.25) is 37.3 Å². The summed E-state index contributed by atoms with van der Waals surface area (Å²) in [4.78, 5) is 72.7. The molecule has 19 heteroatoms. The molecule has 558 valence electrons. The average molecular weight is 1380 g/mol. The first-order valence-electron chi connectivity index (χ1n) is 38.8. The fourth-order valence-electron chi connectivity index (χ4n) is 11.4. The molecule has 94 heavy (non-hydrogen) atoms. The van der Waals surface area contributed by atoms with Crippen LogP contribution in [0.4, 0.5) is 0 Å². The number of phosphoric acid groups is 2. The molecule has 2 unspecified atom stereocenters. The number of carbonyl (C=O) groups is 4. The lowest BCUT2D eigenvalue weighted by atomic mass is 10.0. The molecule has 0 aliphatic heterocycles. The van der Waals surface area contributed by atoms with Crippen LogP contribution in [0, 0.1) is 17.8 Å². The predicted octanol–water partition coefficient (Wildman–Crippen LogP) is 21.8. The molecule has 0 saturated heterocycles. The number of esters is 4. The molecule has 0 bridgehead atoms. The van der Waals surface area contributed by atoms with Crippen molar-refractivity contribution in [2.75, 3.05) is 39.6 Å². The molecular formula is C75H146O17P2. The monoisotopic (exact) mass is 1380 g/mol. The molecule has 17 nitrogen and oxygen atoms in total. The van der Waals surface area contributed by atoms with Crippen molar-refractivity contribution in [1.82, 2.24) is 0 Å². The normalized spacial score (nSPS) is 14.1. The van der Waals surface area contributed by atoms with Gasteiger partial charge in [-0.25, -0.2) is 9.13 Å². The van der Waals surface area contributed by atoms with E-state index in [1.165, 1.54) is 186 Å². The Balaban J connectivity index is 5.22. The summed E-state index contributed by atoms with van der Waals surface area (Å²) in [7, 11) is -9.91. The maximum Gasteiger partial charge on any atom is 0.472 e. The molecule has 5 atom stereocenters. The molecule has 0 amide bonds. The van der Waals surface area contributed by atoms with Crippen molar-refractivity contribution in [2.45, 2.75) is 401 Å². The maximum atomic E-state index is 13.1. The number of unbranched alkanes of at least 4 members (excludes halogenated alkanes) is 41. The number of ether oxygens (including phenoxy) is 4. The van der Waals surface area contributed by atoms with Crippen LogP contribution in [0.2, 0.25) is 0 Å². The lowest BCUT2D eigenvalue weighted by Crippen LogP contribution is -2.30. The van der Waals surface area contributed by atoms with Gasteiger partial charge in [0.2, 0.25) is 0 Å². The minimum atomic E-state index is -4.96. The molecule has 0 spiro atoms. The molecule has 0 aliphatic rings. The van der Waals surface area contributed by atoms with Crippen LogP contribution < -0.4 is 0 Å². The number of aliphatic hydroxyl groups excluding tert-OH is 1. The quantitative estimate of drug-likeness (QED) is 0.0222. The summed E-state index contributed by atoms with van der Waals surface area (Å²) >= 11 is 0. The van der Waals surface area contributed by atoms with Gasteiger partial charge in [0.1, 0.15) is 19.3 Å². The zero-order chi connectivity index (χ0) is 69.4. The van der Waals surface area contributed by atoms with Gasteiger partial charge >= 0.3 is 39.5 Å². The summed E-state index contributed by atoms with van der Waals surface area (Å²) in [6.07, 6.45) is 51.4. The first kappa shape index (κ1) is 92.1. The molecule has 0 aromatic rings. The zero-order valence-corrected chi connectivity index (χ0v) is 63.2. The number of rotatable bonds is 73. The van der Waals surface area contributed by atoms with E-state index in [1.807, 2.05) is 0 Å². The van der Waals surface area contributed by atoms with Gasteiger partial charge in [-0.15, -0.1) is 0 Å².